The first-order valence-electron chi connectivity index (χ1n) is 6.03. The van der Waals surface area contributed by atoms with Crippen molar-refractivity contribution < 1.29 is 4.74 Å². The van der Waals surface area contributed by atoms with Crippen LogP contribution in [0, 0.1) is 0 Å². The molecule has 0 saturated heterocycles. The third kappa shape index (κ3) is 11.3. The highest BCUT2D eigenvalue weighted by molar-refractivity contribution is 5.02. The average Bonchev–Trinajstić information content (AvgIpc) is 2.16. The van der Waals surface area contributed by atoms with Crippen LogP contribution in [0.1, 0.15) is 47.0 Å². The summed E-state index contributed by atoms with van der Waals surface area (Å²) in [6.07, 6.45) is 7.69. The van der Waals surface area contributed by atoms with Gasteiger partial charge >= 0.3 is 0 Å². The summed E-state index contributed by atoms with van der Waals surface area (Å²) in [6.45, 7) is 13.8. The minimum absolute atomic E-state index is 0.730. The molecule has 1 heteroatoms. The molecule has 0 unspecified atom stereocenters. The van der Waals surface area contributed by atoms with Crippen LogP contribution in [-0.4, -0.2) is 13.2 Å². The SMILES string of the molecule is C=C(C)CCOC/C=C(/C)CCC=C(C)C. The van der Waals surface area contributed by atoms with Crippen molar-refractivity contribution in [2.24, 2.45) is 0 Å². The first-order valence-corrected chi connectivity index (χ1v) is 6.03. The van der Waals surface area contributed by atoms with E-state index in [9.17, 15) is 0 Å². The molecule has 0 aliphatic rings. The summed E-state index contributed by atoms with van der Waals surface area (Å²) in [7, 11) is 0. The average molecular weight is 222 g/mol. The fourth-order valence-electron chi connectivity index (χ4n) is 1.22. The van der Waals surface area contributed by atoms with Crippen molar-refractivity contribution in [1.82, 2.24) is 0 Å². The van der Waals surface area contributed by atoms with Crippen LogP contribution >= 0.6 is 0 Å². The Labute approximate surface area is 101 Å². The van der Waals surface area contributed by atoms with E-state index < -0.39 is 0 Å². The minimum atomic E-state index is 0.730. The monoisotopic (exact) mass is 222 g/mol. The molecule has 0 atom stereocenters. The Kier molecular flexibility index (Phi) is 8.93. The molecule has 0 heterocycles. The van der Waals surface area contributed by atoms with Crippen molar-refractivity contribution in [2.45, 2.75) is 47.0 Å². The number of allylic oxidation sites excluding steroid dienone is 3. The zero-order chi connectivity index (χ0) is 12.4. The molecule has 0 radical (unpaired) electrons. The van der Waals surface area contributed by atoms with Crippen LogP contribution in [0.3, 0.4) is 0 Å². The van der Waals surface area contributed by atoms with Crippen LogP contribution in [0.15, 0.2) is 35.5 Å². The molecule has 92 valence electrons. The lowest BCUT2D eigenvalue weighted by molar-refractivity contribution is 0.165. The van der Waals surface area contributed by atoms with Gasteiger partial charge in [-0.25, -0.2) is 0 Å². The van der Waals surface area contributed by atoms with E-state index in [1.165, 1.54) is 16.7 Å². The van der Waals surface area contributed by atoms with Gasteiger partial charge in [0.1, 0.15) is 0 Å². The second kappa shape index (κ2) is 9.41. The number of hydrogen-bond acceptors (Lipinski definition) is 1. The van der Waals surface area contributed by atoms with E-state index in [0.29, 0.717) is 0 Å². The van der Waals surface area contributed by atoms with Gasteiger partial charge in [-0.05, 0) is 47.0 Å². The molecule has 0 aromatic rings. The van der Waals surface area contributed by atoms with Crippen molar-refractivity contribution in [3.8, 4) is 0 Å². The highest BCUT2D eigenvalue weighted by atomic mass is 16.5. The Balaban J connectivity index is 3.55. The van der Waals surface area contributed by atoms with E-state index in [4.69, 9.17) is 4.74 Å². The molecule has 0 fully saturated rings. The largest absolute Gasteiger partial charge is 0.377 e. The Morgan fingerprint density at radius 3 is 2.31 bits per heavy atom. The van der Waals surface area contributed by atoms with E-state index >= 15 is 0 Å². The van der Waals surface area contributed by atoms with E-state index in [-0.39, 0.29) is 0 Å². The third-order valence-corrected chi connectivity index (χ3v) is 2.31. The first-order chi connectivity index (χ1) is 7.52. The van der Waals surface area contributed by atoms with Crippen LogP contribution in [0.2, 0.25) is 0 Å². The van der Waals surface area contributed by atoms with Gasteiger partial charge in [0.15, 0.2) is 0 Å². The van der Waals surface area contributed by atoms with Gasteiger partial charge in [-0.2, -0.15) is 0 Å². The molecule has 0 rings (SSSR count). The molecular weight excluding hydrogens is 196 g/mol. The third-order valence-electron chi connectivity index (χ3n) is 2.31. The maximum Gasteiger partial charge on any atom is 0.0650 e. The Bertz CT molecular complexity index is 255. The summed E-state index contributed by atoms with van der Waals surface area (Å²) in [5.41, 5.74) is 3.99. The van der Waals surface area contributed by atoms with Crippen molar-refractivity contribution >= 4 is 0 Å². The molecule has 1 nitrogen and oxygen atoms in total. The standard InChI is InChI=1S/C15H26O/c1-13(2)7-6-8-15(5)10-12-16-11-9-14(3)4/h7,10H,3,6,8-9,11-12H2,1-2,4-5H3/b15-10-. The smallest absolute Gasteiger partial charge is 0.0650 e. The number of hydrogen-bond donors (Lipinski definition) is 0. The predicted octanol–water partition coefficient (Wildman–Crippen LogP) is 4.66. The van der Waals surface area contributed by atoms with Gasteiger partial charge in [-0.3, -0.25) is 0 Å². The summed E-state index contributed by atoms with van der Waals surface area (Å²) in [4.78, 5) is 0. The molecule has 0 aromatic heterocycles. The van der Waals surface area contributed by atoms with Crippen molar-refractivity contribution in [1.29, 1.82) is 0 Å². The summed E-state index contributed by atoms with van der Waals surface area (Å²) in [5.74, 6) is 0. The molecule has 0 aliphatic heterocycles. The summed E-state index contributed by atoms with van der Waals surface area (Å²) >= 11 is 0. The molecule has 0 bridgehead atoms. The summed E-state index contributed by atoms with van der Waals surface area (Å²) < 4.78 is 5.49. The van der Waals surface area contributed by atoms with E-state index in [0.717, 1.165) is 32.5 Å². The molecule has 0 spiro atoms. The fourth-order valence-corrected chi connectivity index (χ4v) is 1.22. The lowest BCUT2D eigenvalue weighted by atomic mass is 10.1. The van der Waals surface area contributed by atoms with Crippen LogP contribution in [-0.2, 0) is 4.74 Å². The molecule has 0 saturated carbocycles. The lowest BCUT2D eigenvalue weighted by Gasteiger charge is -2.02. The normalized spacial score (nSPS) is 11.4. The second-order valence-electron chi connectivity index (χ2n) is 4.65. The lowest BCUT2D eigenvalue weighted by Crippen LogP contribution is -1.95. The minimum Gasteiger partial charge on any atom is -0.377 e. The van der Waals surface area contributed by atoms with E-state index in [2.05, 4.69) is 39.5 Å². The second-order valence-corrected chi connectivity index (χ2v) is 4.65. The Morgan fingerprint density at radius 1 is 1.06 bits per heavy atom. The fraction of sp³-hybridized carbons (Fsp3) is 0.600. The van der Waals surface area contributed by atoms with Crippen molar-refractivity contribution in [2.75, 3.05) is 13.2 Å². The number of ether oxygens (including phenoxy) is 1. The Hall–Kier alpha value is -0.820. The van der Waals surface area contributed by atoms with Gasteiger partial charge in [0.2, 0.25) is 0 Å². The maximum atomic E-state index is 5.49. The summed E-state index contributed by atoms with van der Waals surface area (Å²) in [6, 6.07) is 0. The first kappa shape index (κ1) is 15.2. The van der Waals surface area contributed by atoms with E-state index in [1.807, 2.05) is 6.92 Å². The van der Waals surface area contributed by atoms with Crippen LogP contribution in [0.25, 0.3) is 0 Å². The zero-order valence-electron chi connectivity index (χ0n) is 11.3. The predicted molar refractivity (Wildman–Crippen MR) is 72.7 cm³/mol. The molecule has 0 aromatic carbocycles. The van der Waals surface area contributed by atoms with Crippen LogP contribution < -0.4 is 0 Å². The van der Waals surface area contributed by atoms with Crippen molar-refractivity contribution in [3.63, 3.8) is 0 Å². The molecule has 0 amide bonds. The van der Waals surface area contributed by atoms with Gasteiger partial charge in [0, 0.05) is 0 Å². The topological polar surface area (TPSA) is 9.23 Å². The van der Waals surface area contributed by atoms with Crippen molar-refractivity contribution in [3.05, 3.63) is 35.5 Å². The van der Waals surface area contributed by atoms with Gasteiger partial charge < -0.3 is 4.74 Å². The van der Waals surface area contributed by atoms with Gasteiger partial charge in [-0.15, -0.1) is 6.58 Å². The Morgan fingerprint density at radius 2 is 1.75 bits per heavy atom. The maximum absolute atomic E-state index is 5.49. The zero-order valence-corrected chi connectivity index (χ0v) is 11.3. The van der Waals surface area contributed by atoms with E-state index in [1.54, 1.807) is 0 Å². The quantitative estimate of drug-likeness (QED) is 0.428. The van der Waals surface area contributed by atoms with Gasteiger partial charge in [0.25, 0.3) is 0 Å². The molecule has 16 heavy (non-hydrogen) atoms. The molecule has 0 aliphatic carbocycles. The van der Waals surface area contributed by atoms with Crippen LogP contribution in [0.5, 0.6) is 0 Å². The summed E-state index contributed by atoms with van der Waals surface area (Å²) in [5, 5.41) is 0. The molecular formula is C15H26O. The van der Waals surface area contributed by atoms with Crippen LogP contribution in [0.4, 0.5) is 0 Å². The number of rotatable bonds is 8. The van der Waals surface area contributed by atoms with Gasteiger partial charge in [0.05, 0.1) is 13.2 Å². The highest BCUT2D eigenvalue weighted by Crippen LogP contribution is 2.06. The molecule has 0 N–H and O–H groups in total. The van der Waals surface area contributed by atoms with Gasteiger partial charge in [-0.1, -0.05) is 28.9 Å². The highest BCUT2D eigenvalue weighted by Gasteiger charge is 1.90.